The molecule has 0 spiro atoms. The van der Waals surface area contributed by atoms with Gasteiger partial charge in [-0.3, -0.25) is 0 Å². The second-order valence-corrected chi connectivity index (χ2v) is 6.76. The highest BCUT2D eigenvalue weighted by molar-refractivity contribution is 7.81. The van der Waals surface area contributed by atoms with Crippen LogP contribution < -0.4 is 11.2 Å². The molecule has 0 saturated heterocycles. The molecule has 94 valence electrons. The summed E-state index contributed by atoms with van der Waals surface area (Å²) >= 11 is 10.5. The van der Waals surface area contributed by atoms with Crippen LogP contribution >= 0.6 is 24.2 Å². The van der Waals surface area contributed by atoms with E-state index in [1.807, 2.05) is 33.8 Å². The Bertz CT molecular complexity index is 404. The van der Waals surface area contributed by atoms with E-state index in [-0.39, 0.29) is 10.3 Å². The summed E-state index contributed by atoms with van der Waals surface area (Å²) in [4.78, 5) is 0. The maximum absolute atomic E-state index is 5.93. The van der Waals surface area contributed by atoms with Crippen LogP contribution in [-0.4, -0.2) is 17.8 Å². The van der Waals surface area contributed by atoms with Crippen molar-refractivity contribution in [1.82, 2.24) is 0 Å². The van der Waals surface area contributed by atoms with E-state index in [4.69, 9.17) is 22.0 Å². The topological polar surface area (TPSA) is 35.2 Å². The van der Waals surface area contributed by atoms with Crippen molar-refractivity contribution < 1.29 is 4.65 Å². The summed E-state index contributed by atoms with van der Waals surface area (Å²) in [5, 5.41) is 0.667. The zero-order valence-corrected chi connectivity index (χ0v) is 12.4. The van der Waals surface area contributed by atoms with Crippen LogP contribution in [0.4, 0.5) is 5.69 Å². The van der Waals surface area contributed by atoms with E-state index in [0.29, 0.717) is 18.2 Å². The number of benzene rings is 1. The van der Waals surface area contributed by atoms with Crippen LogP contribution in [-0.2, 0) is 4.65 Å². The van der Waals surface area contributed by atoms with Crippen molar-refractivity contribution in [1.29, 1.82) is 0 Å². The molecule has 17 heavy (non-hydrogen) atoms. The van der Waals surface area contributed by atoms with Gasteiger partial charge < -0.3 is 10.4 Å². The summed E-state index contributed by atoms with van der Waals surface area (Å²) in [7, 11) is 0.434. The van der Waals surface area contributed by atoms with Crippen LogP contribution in [0.25, 0.3) is 0 Å². The Morgan fingerprint density at radius 1 is 1.29 bits per heavy atom. The number of thiol groups is 1. The standard InChI is InChI=1S/C12H19BClNOS/c1-11(2,12(3,4)17)16-13-9-7-8(14)5-6-10(9)15/h5-7,13,17H,15H2,1-4H3. The van der Waals surface area contributed by atoms with Crippen LogP contribution in [0.15, 0.2) is 18.2 Å². The lowest BCUT2D eigenvalue weighted by Gasteiger charge is -2.38. The monoisotopic (exact) mass is 271 g/mol. The van der Waals surface area contributed by atoms with Gasteiger partial charge in [-0.15, -0.1) is 0 Å². The predicted molar refractivity (Wildman–Crippen MR) is 80.9 cm³/mol. The Labute approximate surface area is 115 Å². The van der Waals surface area contributed by atoms with Gasteiger partial charge in [0, 0.05) is 15.5 Å². The first-order valence-electron chi connectivity index (χ1n) is 5.54. The van der Waals surface area contributed by atoms with Gasteiger partial charge in [0.15, 0.2) is 0 Å². The summed E-state index contributed by atoms with van der Waals surface area (Å²) in [6.07, 6.45) is 0. The molecule has 1 rings (SSSR count). The van der Waals surface area contributed by atoms with Gasteiger partial charge in [-0.05, 0) is 51.4 Å². The minimum absolute atomic E-state index is 0.236. The van der Waals surface area contributed by atoms with Gasteiger partial charge in [0.2, 0.25) is 0 Å². The van der Waals surface area contributed by atoms with Crippen molar-refractivity contribution in [2.45, 2.75) is 38.0 Å². The lowest BCUT2D eigenvalue weighted by Crippen LogP contribution is -2.46. The van der Waals surface area contributed by atoms with Gasteiger partial charge in [0.25, 0.3) is 0 Å². The number of hydrogen-bond donors (Lipinski definition) is 2. The largest absolute Gasteiger partial charge is 0.428 e. The molecule has 0 heterocycles. The molecule has 0 radical (unpaired) electrons. The van der Waals surface area contributed by atoms with Gasteiger partial charge in [-0.1, -0.05) is 11.6 Å². The van der Waals surface area contributed by atoms with Gasteiger partial charge >= 0.3 is 7.48 Å². The van der Waals surface area contributed by atoms with E-state index >= 15 is 0 Å². The highest BCUT2D eigenvalue weighted by atomic mass is 35.5. The molecule has 0 saturated carbocycles. The first-order chi connectivity index (χ1) is 7.63. The highest BCUT2D eigenvalue weighted by Crippen LogP contribution is 2.30. The zero-order valence-electron chi connectivity index (χ0n) is 10.7. The van der Waals surface area contributed by atoms with Crippen molar-refractivity contribution in [3.05, 3.63) is 23.2 Å². The maximum Gasteiger partial charge on any atom is 0.311 e. The molecule has 0 fully saturated rings. The van der Waals surface area contributed by atoms with E-state index in [9.17, 15) is 0 Å². The smallest absolute Gasteiger partial charge is 0.311 e. The molecule has 0 atom stereocenters. The first-order valence-corrected chi connectivity index (χ1v) is 6.36. The Kier molecular flexibility index (Phi) is 4.45. The third-order valence-corrected chi connectivity index (χ3v) is 3.94. The Balaban J connectivity index is 2.77. The van der Waals surface area contributed by atoms with Crippen molar-refractivity contribution in [2.24, 2.45) is 0 Å². The van der Waals surface area contributed by atoms with Crippen LogP contribution in [0.2, 0.25) is 5.02 Å². The number of rotatable bonds is 4. The lowest BCUT2D eigenvalue weighted by molar-refractivity contribution is 0.0855. The second-order valence-electron chi connectivity index (χ2n) is 5.20. The molecule has 2 N–H and O–H groups in total. The van der Waals surface area contributed by atoms with Crippen molar-refractivity contribution in [2.75, 3.05) is 5.73 Å². The minimum Gasteiger partial charge on any atom is -0.428 e. The van der Waals surface area contributed by atoms with E-state index in [1.165, 1.54) is 0 Å². The minimum atomic E-state index is -0.356. The van der Waals surface area contributed by atoms with Crippen LogP contribution in [0.1, 0.15) is 27.7 Å². The molecular formula is C12H19BClNOS. The fourth-order valence-electron chi connectivity index (χ4n) is 1.13. The van der Waals surface area contributed by atoms with E-state index in [1.54, 1.807) is 12.1 Å². The third-order valence-electron chi connectivity index (χ3n) is 3.17. The molecule has 1 aromatic carbocycles. The fourth-order valence-corrected chi connectivity index (χ4v) is 1.39. The van der Waals surface area contributed by atoms with Gasteiger partial charge in [0.05, 0.1) is 5.60 Å². The average molecular weight is 272 g/mol. The molecule has 5 heteroatoms. The van der Waals surface area contributed by atoms with Crippen LogP contribution in [0, 0.1) is 0 Å². The van der Waals surface area contributed by atoms with Crippen molar-refractivity contribution >= 4 is 42.9 Å². The second kappa shape index (κ2) is 5.13. The highest BCUT2D eigenvalue weighted by Gasteiger charge is 2.34. The number of hydrogen-bond acceptors (Lipinski definition) is 3. The third kappa shape index (κ3) is 3.83. The Morgan fingerprint density at radius 3 is 2.41 bits per heavy atom. The summed E-state index contributed by atoms with van der Waals surface area (Å²) in [5.74, 6) is 0. The number of halogens is 1. The van der Waals surface area contributed by atoms with E-state index in [0.717, 1.165) is 5.46 Å². The summed E-state index contributed by atoms with van der Waals surface area (Å²) in [6, 6.07) is 5.40. The van der Waals surface area contributed by atoms with E-state index < -0.39 is 0 Å². The lowest BCUT2D eigenvalue weighted by atomic mass is 9.83. The van der Waals surface area contributed by atoms with Crippen molar-refractivity contribution in [3.63, 3.8) is 0 Å². The molecule has 0 aromatic heterocycles. The number of anilines is 1. The fraction of sp³-hybridized carbons (Fsp3) is 0.500. The molecule has 0 bridgehead atoms. The maximum atomic E-state index is 5.93. The quantitative estimate of drug-likeness (QED) is 0.501. The zero-order chi connectivity index (χ0) is 13.3. The molecule has 1 aromatic rings. The first kappa shape index (κ1) is 14.7. The summed E-state index contributed by atoms with van der Waals surface area (Å²) in [5.41, 5.74) is 7.12. The van der Waals surface area contributed by atoms with Gasteiger partial charge in [-0.2, -0.15) is 12.6 Å². The molecular weight excluding hydrogens is 252 g/mol. The van der Waals surface area contributed by atoms with Crippen molar-refractivity contribution in [3.8, 4) is 0 Å². The molecule has 2 nitrogen and oxygen atoms in total. The summed E-state index contributed by atoms with van der Waals surface area (Å²) in [6.45, 7) is 8.08. The SMILES string of the molecule is CC(C)(S)C(C)(C)OBc1cc(Cl)ccc1N. The molecule has 0 amide bonds. The van der Waals surface area contributed by atoms with E-state index in [2.05, 4.69) is 12.6 Å². The number of nitrogens with two attached hydrogens (primary N) is 1. The predicted octanol–water partition coefficient (Wildman–Crippen LogP) is 2.40. The Hall–Kier alpha value is -0.315. The molecule has 0 aliphatic rings. The number of nitrogen functional groups attached to an aromatic ring is 1. The average Bonchev–Trinajstić information content (AvgIpc) is 2.18. The molecule has 0 aliphatic carbocycles. The Morgan fingerprint density at radius 2 is 1.88 bits per heavy atom. The molecule has 0 aliphatic heterocycles. The summed E-state index contributed by atoms with van der Waals surface area (Å²) < 4.78 is 5.66. The van der Waals surface area contributed by atoms with Crippen LogP contribution in [0.5, 0.6) is 0 Å². The van der Waals surface area contributed by atoms with Crippen LogP contribution in [0.3, 0.4) is 0 Å². The van der Waals surface area contributed by atoms with Gasteiger partial charge in [-0.25, -0.2) is 0 Å². The normalized spacial score (nSPS) is 12.6. The van der Waals surface area contributed by atoms with Gasteiger partial charge in [0.1, 0.15) is 0 Å². The molecule has 0 unspecified atom stereocenters.